The monoisotopic (exact) mass is 282 g/mol. The van der Waals surface area contributed by atoms with Gasteiger partial charge in [-0.05, 0) is 31.9 Å². The molecule has 0 amide bonds. The van der Waals surface area contributed by atoms with Gasteiger partial charge in [0.15, 0.2) is 0 Å². The van der Waals surface area contributed by atoms with E-state index in [1.807, 2.05) is 0 Å². The van der Waals surface area contributed by atoms with Crippen LogP contribution in [0, 0.1) is 5.92 Å². The van der Waals surface area contributed by atoms with Gasteiger partial charge < -0.3 is 4.74 Å². The van der Waals surface area contributed by atoms with E-state index in [1.54, 1.807) is 22.6 Å². The molecule has 1 aromatic rings. The lowest BCUT2D eigenvalue weighted by molar-refractivity contribution is 0.0206. The third kappa shape index (κ3) is 2.40. The van der Waals surface area contributed by atoms with E-state index in [0.29, 0.717) is 19.0 Å². The summed E-state index contributed by atoms with van der Waals surface area (Å²) >= 11 is 0. The average molecular weight is 282 g/mol. The van der Waals surface area contributed by atoms with E-state index in [4.69, 9.17) is 4.74 Å². The first-order chi connectivity index (χ1) is 9.07. The van der Waals surface area contributed by atoms with Crippen molar-refractivity contribution in [3.63, 3.8) is 0 Å². The normalized spacial score (nSPS) is 32.2. The molecule has 0 aliphatic carbocycles. The molecule has 3 rings (SSSR count). The van der Waals surface area contributed by atoms with Crippen LogP contribution in [0.25, 0.3) is 0 Å². The number of piperidine rings is 1. The molecule has 2 fully saturated rings. The smallest absolute Gasteiger partial charge is 0.244 e. The predicted molar refractivity (Wildman–Crippen MR) is 70.1 cm³/mol. The van der Waals surface area contributed by atoms with E-state index in [9.17, 15) is 8.42 Å². The molecule has 0 aromatic carbocycles. The Morgan fingerprint density at radius 1 is 1.47 bits per heavy atom. The molecule has 19 heavy (non-hydrogen) atoms. The number of pyridine rings is 1. The van der Waals surface area contributed by atoms with Gasteiger partial charge in [-0.2, -0.15) is 4.31 Å². The molecule has 0 bridgehead atoms. The van der Waals surface area contributed by atoms with Crippen molar-refractivity contribution in [3.05, 3.63) is 24.5 Å². The molecule has 0 spiro atoms. The maximum atomic E-state index is 12.5. The molecule has 1 aromatic heterocycles. The minimum Gasteiger partial charge on any atom is -0.375 e. The fourth-order valence-corrected chi connectivity index (χ4v) is 4.51. The molecule has 0 unspecified atom stereocenters. The second kappa shape index (κ2) is 4.85. The van der Waals surface area contributed by atoms with E-state index in [0.717, 1.165) is 12.8 Å². The van der Waals surface area contributed by atoms with Crippen LogP contribution in [0.3, 0.4) is 0 Å². The van der Waals surface area contributed by atoms with Crippen molar-refractivity contribution in [1.82, 2.24) is 9.29 Å². The molecular formula is C13H18N2O3S. The van der Waals surface area contributed by atoms with Crippen molar-refractivity contribution in [3.8, 4) is 0 Å². The summed E-state index contributed by atoms with van der Waals surface area (Å²) in [4.78, 5) is 4.17. The van der Waals surface area contributed by atoms with Gasteiger partial charge in [0.25, 0.3) is 0 Å². The summed E-state index contributed by atoms with van der Waals surface area (Å²) in [6.45, 7) is 3.15. The molecule has 3 atom stereocenters. The molecule has 5 nitrogen and oxygen atoms in total. The van der Waals surface area contributed by atoms with Crippen LogP contribution in [0.5, 0.6) is 0 Å². The third-order valence-corrected chi connectivity index (χ3v) is 5.79. The molecule has 0 saturated carbocycles. The second-order valence-corrected chi connectivity index (χ2v) is 7.26. The number of hydrogen-bond donors (Lipinski definition) is 0. The van der Waals surface area contributed by atoms with Crippen LogP contribution >= 0.6 is 0 Å². The standard InChI is InChI=1S/C13H18N2O3S/c1-10-7-11-9-15(6-4-13(11)18-10)19(16,17)12-3-2-5-14-8-12/h2-3,5,8,10-11,13H,4,6-7,9H2,1H3/t10-,11-,13+/m1/s1. The molecule has 104 valence electrons. The summed E-state index contributed by atoms with van der Waals surface area (Å²) in [5.74, 6) is 0.329. The number of ether oxygens (including phenoxy) is 1. The lowest BCUT2D eigenvalue weighted by atomic mass is 9.94. The van der Waals surface area contributed by atoms with Crippen LogP contribution in [-0.2, 0) is 14.8 Å². The zero-order chi connectivity index (χ0) is 13.5. The van der Waals surface area contributed by atoms with E-state index in [2.05, 4.69) is 11.9 Å². The summed E-state index contributed by atoms with van der Waals surface area (Å²) < 4.78 is 32.4. The first kappa shape index (κ1) is 13.0. The van der Waals surface area contributed by atoms with E-state index < -0.39 is 10.0 Å². The molecule has 2 aliphatic rings. The van der Waals surface area contributed by atoms with Crippen molar-refractivity contribution >= 4 is 10.0 Å². The SMILES string of the molecule is C[C@@H]1C[C@@H]2CN(S(=O)(=O)c3cccnc3)CC[C@@H]2O1. The van der Waals surface area contributed by atoms with Crippen molar-refractivity contribution < 1.29 is 13.2 Å². The molecule has 2 aliphatic heterocycles. The van der Waals surface area contributed by atoms with Gasteiger partial charge in [0.05, 0.1) is 12.2 Å². The van der Waals surface area contributed by atoms with Crippen LogP contribution in [0.1, 0.15) is 19.8 Å². The van der Waals surface area contributed by atoms with Gasteiger partial charge in [-0.1, -0.05) is 0 Å². The fourth-order valence-electron chi connectivity index (χ4n) is 3.03. The third-order valence-electron chi connectivity index (χ3n) is 3.94. The van der Waals surface area contributed by atoms with Gasteiger partial charge >= 0.3 is 0 Å². The largest absolute Gasteiger partial charge is 0.375 e. The van der Waals surface area contributed by atoms with Crippen LogP contribution in [0.2, 0.25) is 0 Å². The van der Waals surface area contributed by atoms with Crippen LogP contribution in [0.4, 0.5) is 0 Å². The highest BCUT2D eigenvalue weighted by Gasteiger charge is 2.40. The topological polar surface area (TPSA) is 59.5 Å². The molecule has 2 saturated heterocycles. The lowest BCUT2D eigenvalue weighted by Crippen LogP contribution is -2.44. The quantitative estimate of drug-likeness (QED) is 0.819. The van der Waals surface area contributed by atoms with E-state index >= 15 is 0 Å². The number of nitrogens with zero attached hydrogens (tertiary/aromatic N) is 2. The predicted octanol–water partition coefficient (Wildman–Crippen LogP) is 1.27. The van der Waals surface area contributed by atoms with Gasteiger partial charge in [-0.3, -0.25) is 4.98 Å². The Hall–Kier alpha value is -0.980. The average Bonchev–Trinajstić information content (AvgIpc) is 2.78. The van der Waals surface area contributed by atoms with Gasteiger partial charge in [0, 0.05) is 31.4 Å². The first-order valence-electron chi connectivity index (χ1n) is 6.63. The molecule has 0 N–H and O–H groups in total. The number of aromatic nitrogens is 1. The minimum absolute atomic E-state index is 0.232. The summed E-state index contributed by atoms with van der Waals surface area (Å²) in [7, 11) is -3.40. The van der Waals surface area contributed by atoms with Gasteiger partial charge in [0.2, 0.25) is 10.0 Å². The summed E-state index contributed by atoms with van der Waals surface area (Å²) in [6.07, 6.45) is 5.21. The molecule has 6 heteroatoms. The Balaban J connectivity index is 1.80. The molecule has 0 radical (unpaired) electrons. The molecule has 3 heterocycles. The van der Waals surface area contributed by atoms with Crippen molar-refractivity contribution in [2.45, 2.75) is 36.9 Å². The Morgan fingerprint density at radius 3 is 3.05 bits per heavy atom. The number of hydrogen-bond acceptors (Lipinski definition) is 4. The fraction of sp³-hybridized carbons (Fsp3) is 0.615. The number of sulfonamides is 1. The second-order valence-electron chi connectivity index (χ2n) is 5.32. The van der Waals surface area contributed by atoms with Crippen molar-refractivity contribution in [1.29, 1.82) is 0 Å². The van der Waals surface area contributed by atoms with Crippen LogP contribution in [-0.4, -0.2) is 43.0 Å². The van der Waals surface area contributed by atoms with Gasteiger partial charge in [-0.15, -0.1) is 0 Å². The molecular weight excluding hydrogens is 264 g/mol. The minimum atomic E-state index is -3.40. The van der Waals surface area contributed by atoms with Gasteiger partial charge in [0.1, 0.15) is 4.90 Å². The summed E-state index contributed by atoms with van der Waals surface area (Å²) in [5, 5.41) is 0. The van der Waals surface area contributed by atoms with Crippen molar-refractivity contribution in [2.75, 3.05) is 13.1 Å². The van der Waals surface area contributed by atoms with E-state index in [1.165, 1.54) is 6.20 Å². The Bertz CT molecular complexity index is 546. The maximum absolute atomic E-state index is 12.5. The van der Waals surface area contributed by atoms with Gasteiger partial charge in [-0.25, -0.2) is 8.42 Å². The Morgan fingerprint density at radius 2 is 2.32 bits per heavy atom. The Kier molecular flexibility index (Phi) is 3.32. The summed E-state index contributed by atoms with van der Waals surface area (Å²) in [5.41, 5.74) is 0. The maximum Gasteiger partial charge on any atom is 0.244 e. The van der Waals surface area contributed by atoms with Crippen LogP contribution < -0.4 is 0 Å². The zero-order valence-electron chi connectivity index (χ0n) is 10.9. The zero-order valence-corrected chi connectivity index (χ0v) is 11.7. The highest BCUT2D eigenvalue weighted by molar-refractivity contribution is 7.89. The Labute approximate surface area is 113 Å². The highest BCUT2D eigenvalue weighted by atomic mass is 32.2. The summed E-state index contributed by atoms with van der Waals surface area (Å²) in [6, 6.07) is 3.25. The highest BCUT2D eigenvalue weighted by Crippen LogP contribution is 2.34. The van der Waals surface area contributed by atoms with E-state index in [-0.39, 0.29) is 17.1 Å². The number of rotatable bonds is 2. The lowest BCUT2D eigenvalue weighted by Gasteiger charge is -2.33. The number of fused-ring (bicyclic) bond motifs is 1. The first-order valence-corrected chi connectivity index (χ1v) is 8.07. The van der Waals surface area contributed by atoms with Crippen molar-refractivity contribution in [2.24, 2.45) is 5.92 Å². The van der Waals surface area contributed by atoms with Crippen LogP contribution in [0.15, 0.2) is 29.4 Å².